The molecule has 3 rings (SSSR count). The van der Waals surface area contributed by atoms with Crippen molar-refractivity contribution in [2.24, 2.45) is 0 Å². The fraction of sp³-hybridized carbons (Fsp3) is 0.353. The molecule has 1 fully saturated rings. The number of hydrogen-bond donors (Lipinski definition) is 2. The molecule has 0 radical (unpaired) electrons. The zero-order valence-electron chi connectivity index (χ0n) is 12.0. The predicted octanol–water partition coefficient (Wildman–Crippen LogP) is 2.84. The first-order valence-electron chi connectivity index (χ1n) is 7.29. The van der Waals surface area contributed by atoms with E-state index in [1.165, 1.54) is 0 Å². The van der Waals surface area contributed by atoms with Gasteiger partial charge < -0.3 is 15.2 Å². The SMILES string of the molecule is CC(NC(=O)c1cc2ccccc2cc1O)C1CCCO1. The van der Waals surface area contributed by atoms with Crippen LogP contribution in [0.25, 0.3) is 10.8 Å². The van der Waals surface area contributed by atoms with E-state index in [0.717, 1.165) is 30.2 Å². The maximum Gasteiger partial charge on any atom is 0.255 e. The maximum atomic E-state index is 12.3. The fourth-order valence-electron chi connectivity index (χ4n) is 2.78. The van der Waals surface area contributed by atoms with E-state index in [1.54, 1.807) is 12.1 Å². The van der Waals surface area contributed by atoms with Gasteiger partial charge in [-0.05, 0) is 42.7 Å². The summed E-state index contributed by atoms with van der Waals surface area (Å²) < 4.78 is 5.57. The van der Waals surface area contributed by atoms with Crippen LogP contribution in [0.3, 0.4) is 0 Å². The van der Waals surface area contributed by atoms with Crippen molar-refractivity contribution in [2.45, 2.75) is 31.9 Å². The van der Waals surface area contributed by atoms with Crippen LogP contribution in [-0.4, -0.2) is 29.8 Å². The normalized spacial score (nSPS) is 19.6. The van der Waals surface area contributed by atoms with Crippen LogP contribution in [0, 0.1) is 0 Å². The fourth-order valence-corrected chi connectivity index (χ4v) is 2.78. The molecule has 1 aliphatic heterocycles. The molecule has 1 amide bonds. The largest absolute Gasteiger partial charge is 0.507 e. The van der Waals surface area contributed by atoms with Gasteiger partial charge in [0.1, 0.15) is 5.75 Å². The summed E-state index contributed by atoms with van der Waals surface area (Å²) in [5, 5.41) is 14.8. The van der Waals surface area contributed by atoms with Gasteiger partial charge in [0.25, 0.3) is 5.91 Å². The Labute approximate surface area is 123 Å². The highest BCUT2D eigenvalue weighted by atomic mass is 16.5. The molecule has 0 aromatic heterocycles. The van der Waals surface area contributed by atoms with Gasteiger partial charge in [0.15, 0.2) is 0 Å². The predicted molar refractivity (Wildman–Crippen MR) is 81.5 cm³/mol. The van der Waals surface area contributed by atoms with E-state index in [-0.39, 0.29) is 23.8 Å². The number of benzene rings is 2. The van der Waals surface area contributed by atoms with Crippen molar-refractivity contribution >= 4 is 16.7 Å². The summed E-state index contributed by atoms with van der Waals surface area (Å²) in [6.07, 6.45) is 2.06. The van der Waals surface area contributed by atoms with Gasteiger partial charge in [-0.15, -0.1) is 0 Å². The number of amides is 1. The lowest BCUT2D eigenvalue weighted by Crippen LogP contribution is -2.40. The summed E-state index contributed by atoms with van der Waals surface area (Å²) in [4.78, 5) is 12.3. The second kappa shape index (κ2) is 5.74. The molecule has 2 N–H and O–H groups in total. The first kappa shape index (κ1) is 13.9. The summed E-state index contributed by atoms with van der Waals surface area (Å²) >= 11 is 0. The molecule has 21 heavy (non-hydrogen) atoms. The zero-order chi connectivity index (χ0) is 14.8. The molecule has 2 atom stereocenters. The minimum absolute atomic E-state index is 0.00532. The highest BCUT2D eigenvalue weighted by molar-refractivity contribution is 6.01. The van der Waals surface area contributed by atoms with Gasteiger partial charge in [0, 0.05) is 6.61 Å². The quantitative estimate of drug-likeness (QED) is 0.911. The van der Waals surface area contributed by atoms with Crippen molar-refractivity contribution < 1.29 is 14.6 Å². The third-order valence-electron chi connectivity index (χ3n) is 3.99. The lowest BCUT2D eigenvalue weighted by atomic mass is 10.0. The van der Waals surface area contributed by atoms with Gasteiger partial charge in [-0.25, -0.2) is 0 Å². The average Bonchev–Trinajstić information content (AvgIpc) is 3.00. The van der Waals surface area contributed by atoms with Gasteiger partial charge in [0.05, 0.1) is 17.7 Å². The lowest BCUT2D eigenvalue weighted by Gasteiger charge is -2.20. The molecule has 4 nitrogen and oxygen atoms in total. The summed E-state index contributed by atoms with van der Waals surface area (Å²) in [5.74, 6) is -0.257. The van der Waals surface area contributed by atoms with Crippen LogP contribution in [0.5, 0.6) is 5.75 Å². The van der Waals surface area contributed by atoms with Crippen molar-refractivity contribution in [3.63, 3.8) is 0 Å². The summed E-state index contributed by atoms with van der Waals surface area (Å²) in [6, 6.07) is 10.9. The van der Waals surface area contributed by atoms with Gasteiger partial charge in [-0.1, -0.05) is 24.3 Å². The number of nitrogens with one attached hydrogen (secondary N) is 1. The average molecular weight is 285 g/mol. The molecule has 2 unspecified atom stereocenters. The molecule has 0 spiro atoms. The second-order valence-electron chi connectivity index (χ2n) is 5.53. The number of phenolic OH excluding ortho intramolecular Hbond substituents is 1. The van der Waals surface area contributed by atoms with E-state index in [1.807, 2.05) is 31.2 Å². The Morgan fingerprint density at radius 1 is 1.33 bits per heavy atom. The Morgan fingerprint density at radius 3 is 2.71 bits per heavy atom. The Hall–Kier alpha value is -2.07. The molecule has 1 saturated heterocycles. The molecule has 0 aliphatic carbocycles. The minimum Gasteiger partial charge on any atom is -0.507 e. The first-order valence-corrected chi connectivity index (χ1v) is 7.29. The number of carbonyl (C=O) groups is 1. The molecule has 1 heterocycles. The molecular weight excluding hydrogens is 266 g/mol. The van der Waals surface area contributed by atoms with Crippen LogP contribution in [0.1, 0.15) is 30.1 Å². The van der Waals surface area contributed by atoms with Crippen molar-refractivity contribution in [1.82, 2.24) is 5.32 Å². The van der Waals surface area contributed by atoms with Crippen LogP contribution in [0.4, 0.5) is 0 Å². The number of rotatable bonds is 3. The Balaban J connectivity index is 1.82. The highest BCUT2D eigenvalue weighted by Gasteiger charge is 2.24. The second-order valence-corrected chi connectivity index (χ2v) is 5.53. The van der Waals surface area contributed by atoms with Crippen LogP contribution in [0.2, 0.25) is 0 Å². The van der Waals surface area contributed by atoms with E-state index in [2.05, 4.69) is 5.32 Å². The Bertz CT molecular complexity index is 662. The van der Waals surface area contributed by atoms with Crippen LogP contribution < -0.4 is 5.32 Å². The number of carbonyl (C=O) groups excluding carboxylic acids is 1. The third kappa shape index (κ3) is 2.85. The van der Waals surface area contributed by atoms with E-state index in [9.17, 15) is 9.90 Å². The van der Waals surface area contributed by atoms with E-state index in [0.29, 0.717) is 5.56 Å². The van der Waals surface area contributed by atoms with Crippen LogP contribution >= 0.6 is 0 Å². The number of phenols is 1. The monoisotopic (exact) mass is 285 g/mol. The highest BCUT2D eigenvalue weighted by Crippen LogP contribution is 2.25. The number of hydrogen-bond acceptors (Lipinski definition) is 3. The Morgan fingerprint density at radius 2 is 2.05 bits per heavy atom. The molecule has 110 valence electrons. The molecule has 1 aliphatic rings. The molecule has 2 aromatic rings. The van der Waals surface area contributed by atoms with Crippen molar-refractivity contribution in [2.75, 3.05) is 6.61 Å². The first-order chi connectivity index (χ1) is 10.1. The molecule has 0 saturated carbocycles. The standard InChI is InChI=1S/C17H19NO3/c1-11(16-7-4-8-21-16)18-17(20)14-9-12-5-2-3-6-13(12)10-15(14)19/h2-3,5-6,9-11,16,19H,4,7-8H2,1H3,(H,18,20). The van der Waals surface area contributed by atoms with Gasteiger partial charge >= 0.3 is 0 Å². The number of aromatic hydroxyl groups is 1. The summed E-state index contributed by atoms with van der Waals surface area (Å²) in [5.41, 5.74) is 0.304. The molecule has 0 bridgehead atoms. The molecule has 4 heteroatoms. The number of fused-ring (bicyclic) bond motifs is 1. The topological polar surface area (TPSA) is 58.6 Å². The zero-order valence-corrected chi connectivity index (χ0v) is 12.0. The smallest absolute Gasteiger partial charge is 0.255 e. The summed E-state index contributed by atoms with van der Waals surface area (Å²) in [6.45, 7) is 2.69. The minimum atomic E-state index is -0.263. The van der Waals surface area contributed by atoms with Gasteiger partial charge in [-0.2, -0.15) is 0 Å². The maximum absolute atomic E-state index is 12.3. The summed E-state index contributed by atoms with van der Waals surface area (Å²) in [7, 11) is 0. The van der Waals surface area contributed by atoms with Gasteiger partial charge in [0.2, 0.25) is 0 Å². The van der Waals surface area contributed by atoms with Crippen molar-refractivity contribution in [1.29, 1.82) is 0 Å². The van der Waals surface area contributed by atoms with E-state index < -0.39 is 0 Å². The molecular formula is C17H19NO3. The molecule has 2 aromatic carbocycles. The lowest BCUT2D eigenvalue weighted by molar-refractivity contribution is 0.0711. The van der Waals surface area contributed by atoms with Crippen molar-refractivity contribution in [3.05, 3.63) is 42.0 Å². The van der Waals surface area contributed by atoms with E-state index in [4.69, 9.17) is 4.74 Å². The number of ether oxygens (including phenoxy) is 1. The Kier molecular flexibility index (Phi) is 3.80. The third-order valence-corrected chi connectivity index (χ3v) is 3.99. The van der Waals surface area contributed by atoms with Gasteiger partial charge in [-0.3, -0.25) is 4.79 Å². The van der Waals surface area contributed by atoms with Crippen LogP contribution in [0.15, 0.2) is 36.4 Å². The van der Waals surface area contributed by atoms with Crippen molar-refractivity contribution in [3.8, 4) is 5.75 Å². The van der Waals surface area contributed by atoms with Crippen LogP contribution in [-0.2, 0) is 4.74 Å². The van der Waals surface area contributed by atoms with E-state index >= 15 is 0 Å².